The summed E-state index contributed by atoms with van der Waals surface area (Å²) in [6.45, 7) is 2.95. The van der Waals surface area contributed by atoms with Gasteiger partial charge in [-0.25, -0.2) is 0 Å². The minimum absolute atomic E-state index is 0.0957. The quantitative estimate of drug-likeness (QED) is 0.889. The summed E-state index contributed by atoms with van der Waals surface area (Å²) in [6, 6.07) is 10.4. The van der Waals surface area contributed by atoms with Crippen molar-refractivity contribution in [2.75, 3.05) is 11.5 Å². The second-order valence-electron chi connectivity index (χ2n) is 5.95. The van der Waals surface area contributed by atoms with E-state index in [1.54, 1.807) is 0 Å². The topological polar surface area (TPSA) is 49.5 Å². The Morgan fingerprint density at radius 1 is 1.23 bits per heavy atom. The lowest BCUT2D eigenvalue weighted by molar-refractivity contribution is 0.254. The first-order valence-corrected chi connectivity index (χ1v) is 8.22. The maximum atomic E-state index is 9.74. The van der Waals surface area contributed by atoms with Crippen LogP contribution in [0.4, 0.5) is 5.69 Å². The van der Waals surface area contributed by atoms with E-state index in [0.29, 0.717) is 6.54 Å². The number of anilines is 1. The first-order chi connectivity index (χ1) is 10.8. The molecule has 4 nitrogen and oxygen atoms in total. The number of benzene rings is 1. The molecule has 1 atom stereocenters. The fraction of sp³-hybridized carbons (Fsp3) is 0.500. The number of nitrogens with zero attached hydrogens (tertiary/aromatic N) is 2. The lowest BCUT2D eigenvalue weighted by Crippen LogP contribution is -2.37. The zero-order valence-corrected chi connectivity index (χ0v) is 13.2. The fourth-order valence-corrected chi connectivity index (χ4v) is 3.23. The molecule has 1 unspecified atom stereocenters. The summed E-state index contributed by atoms with van der Waals surface area (Å²) >= 11 is 0. The van der Waals surface area contributed by atoms with Crippen molar-refractivity contribution in [3.63, 3.8) is 0 Å². The van der Waals surface area contributed by atoms with Gasteiger partial charge in [0, 0.05) is 17.7 Å². The molecule has 1 aromatic carbocycles. The summed E-state index contributed by atoms with van der Waals surface area (Å²) in [7, 11) is 0. The van der Waals surface area contributed by atoms with Gasteiger partial charge in [-0.3, -0.25) is 0 Å². The largest absolute Gasteiger partial charge is 0.394 e. The average Bonchev–Trinajstić information content (AvgIpc) is 2.99. The molecule has 4 heteroatoms. The molecule has 0 spiro atoms. The van der Waals surface area contributed by atoms with Gasteiger partial charge in [0.05, 0.1) is 19.2 Å². The normalized spacial score (nSPS) is 15.4. The fourth-order valence-electron chi connectivity index (χ4n) is 3.23. The smallest absolute Gasteiger partial charge is 0.140 e. The molecule has 0 saturated carbocycles. The van der Waals surface area contributed by atoms with Crippen molar-refractivity contribution < 1.29 is 9.63 Å². The Morgan fingerprint density at radius 2 is 2.00 bits per heavy atom. The van der Waals surface area contributed by atoms with Crippen LogP contribution in [0, 0.1) is 0 Å². The Labute approximate surface area is 131 Å². The van der Waals surface area contributed by atoms with Crippen LogP contribution in [0.1, 0.15) is 43.2 Å². The van der Waals surface area contributed by atoms with Crippen LogP contribution < -0.4 is 4.90 Å². The van der Waals surface area contributed by atoms with Crippen LogP contribution in [0.5, 0.6) is 0 Å². The Morgan fingerprint density at radius 3 is 2.73 bits per heavy atom. The molecule has 0 saturated heterocycles. The van der Waals surface area contributed by atoms with Crippen LogP contribution >= 0.6 is 0 Å². The van der Waals surface area contributed by atoms with Gasteiger partial charge in [0.1, 0.15) is 11.5 Å². The number of rotatable bonds is 6. The lowest BCUT2D eigenvalue weighted by atomic mass is 9.96. The number of hydrogen-bond donors (Lipinski definition) is 1. The van der Waals surface area contributed by atoms with E-state index in [1.165, 1.54) is 18.4 Å². The molecule has 1 N–H and O–H groups in total. The molecule has 1 aliphatic carbocycles. The summed E-state index contributed by atoms with van der Waals surface area (Å²) in [4.78, 5) is 2.24. The molecule has 1 aliphatic rings. The van der Waals surface area contributed by atoms with Crippen molar-refractivity contribution in [1.29, 1.82) is 0 Å². The minimum Gasteiger partial charge on any atom is -0.394 e. The van der Waals surface area contributed by atoms with Crippen LogP contribution in [0.2, 0.25) is 0 Å². The standard InChI is InChI=1S/C18H24N2O2/c1-2-14(13-21)20(15-8-4-3-5-9-15)12-17-16-10-6-7-11-18(16)22-19-17/h3-5,8-9,14,21H,2,6-7,10-13H2,1H3. The van der Waals surface area contributed by atoms with Gasteiger partial charge in [-0.05, 0) is 37.8 Å². The first-order valence-electron chi connectivity index (χ1n) is 8.22. The predicted octanol–water partition coefficient (Wildman–Crippen LogP) is 3.33. The molecule has 0 aliphatic heterocycles. The van der Waals surface area contributed by atoms with Crippen molar-refractivity contribution in [3.05, 3.63) is 47.3 Å². The highest BCUT2D eigenvalue weighted by Gasteiger charge is 2.24. The van der Waals surface area contributed by atoms with Gasteiger partial charge in [-0.15, -0.1) is 0 Å². The number of aliphatic hydroxyl groups excluding tert-OH is 1. The summed E-state index contributed by atoms with van der Waals surface area (Å²) < 4.78 is 5.53. The van der Waals surface area contributed by atoms with E-state index in [1.807, 2.05) is 18.2 Å². The molecular weight excluding hydrogens is 276 g/mol. The molecule has 1 aromatic heterocycles. The summed E-state index contributed by atoms with van der Waals surface area (Å²) in [5.74, 6) is 1.06. The molecule has 0 fully saturated rings. The van der Waals surface area contributed by atoms with Gasteiger partial charge in [0.15, 0.2) is 0 Å². The SMILES string of the molecule is CCC(CO)N(Cc1noc2c1CCCC2)c1ccccc1. The van der Waals surface area contributed by atoms with Gasteiger partial charge < -0.3 is 14.5 Å². The van der Waals surface area contributed by atoms with Gasteiger partial charge >= 0.3 is 0 Å². The second-order valence-corrected chi connectivity index (χ2v) is 5.95. The molecular formula is C18H24N2O2. The Hall–Kier alpha value is -1.81. The van der Waals surface area contributed by atoms with E-state index < -0.39 is 0 Å². The molecule has 2 aromatic rings. The Bertz CT molecular complexity index is 590. The van der Waals surface area contributed by atoms with Gasteiger partial charge in [-0.1, -0.05) is 30.3 Å². The van der Waals surface area contributed by atoms with Crippen LogP contribution in [0.3, 0.4) is 0 Å². The Kier molecular flexibility index (Phi) is 4.78. The average molecular weight is 300 g/mol. The van der Waals surface area contributed by atoms with E-state index in [9.17, 15) is 5.11 Å². The molecule has 1 heterocycles. The van der Waals surface area contributed by atoms with Crippen LogP contribution in [0.25, 0.3) is 0 Å². The number of hydrogen-bond acceptors (Lipinski definition) is 4. The summed E-state index contributed by atoms with van der Waals surface area (Å²) in [6.07, 6.45) is 5.37. The monoisotopic (exact) mass is 300 g/mol. The van der Waals surface area contributed by atoms with E-state index in [-0.39, 0.29) is 12.6 Å². The zero-order valence-electron chi connectivity index (χ0n) is 13.2. The van der Waals surface area contributed by atoms with E-state index in [0.717, 1.165) is 36.4 Å². The Balaban J connectivity index is 1.88. The first kappa shape index (κ1) is 15.1. The molecule has 0 amide bonds. The summed E-state index contributed by atoms with van der Waals surface area (Å²) in [5.41, 5.74) is 3.45. The van der Waals surface area contributed by atoms with E-state index >= 15 is 0 Å². The van der Waals surface area contributed by atoms with Gasteiger partial charge in [-0.2, -0.15) is 0 Å². The van der Waals surface area contributed by atoms with Crippen molar-refractivity contribution in [1.82, 2.24) is 5.16 Å². The molecule has 22 heavy (non-hydrogen) atoms. The third-order valence-corrected chi connectivity index (χ3v) is 4.56. The molecule has 3 rings (SSSR count). The van der Waals surface area contributed by atoms with Crippen molar-refractivity contribution in [2.45, 2.75) is 51.6 Å². The maximum Gasteiger partial charge on any atom is 0.140 e. The van der Waals surface area contributed by atoms with Crippen molar-refractivity contribution in [3.8, 4) is 0 Å². The van der Waals surface area contributed by atoms with E-state index in [4.69, 9.17) is 4.52 Å². The van der Waals surface area contributed by atoms with Crippen LogP contribution in [-0.4, -0.2) is 22.9 Å². The molecule has 0 radical (unpaired) electrons. The maximum absolute atomic E-state index is 9.74. The summed E-state index contributed by atoms with van der Waals surface area (Å²) in [5, 5.41) is 14.1. The second kappa shape index (κ2) is 6.97. The predicted molar refractivity (Wildman–Crippen MR) is 86.9 cm³/mol. The van der Waals surface area contributed by atoms with Crippen LogP contribution in [-0.2, 0) is 19.4 Å². The highest BCUT2D eigenvalue weighted by molar-refractivity contribution is 5.48. The number of aryl methyl sites for hydroxylation is 1. The van der Waals surface area contributed by atoms with E-state index in [2.05, 4.69) is 29.1 Å². The van der Waals surface area contributed by atoms with Gasteiger partial charge in [0.25, 0.3) is 0 Å². The third kappa shape index (κ3) is 3.02. The third-order valence-electron chi connectivity index (χ3n) is 4.56. The lowest BCUT2D eigenvalue weighted by Gasteiger charge is -2.31. The van der Waals surface area contributed by atoms with Crippen LogP contribution in [0.15, 0.2) is 34.9 Å². The number of fused-ring (bicyclic) bond motifs is 1. The molecule has 0 bridgehead atoms. The minimum atomic E-state index is 0.0957. The number of para-hydroxylation sites is 1. The van der Waals surface area contributed by atoms with Gasteiger partial charge in [0.2, 0.25) is 0 Å². The zero-order chi connectivity index (χ0) is 15.4. The highest BCUT2D eigenvalue weighted by Crippen LogP contribution is 2.27. The number of aliphatic hydroxyl groups is 1. The number of aromatic nitrogens is 1. The molecule has 118 valence electrons. The van der Waals surface area contributed by atoms with Crippen molar-refractivity contribution >= 4 is 5.69 Å². The highest BCUT2D eigenvalue weighted by atomic mass is 16.5. The van der Waals surface area contributed by atoms with Crippen molar-refractivity contribution in [2.24, 2.45) is 0 Å².